The van der Waals surface area contributed by atoms with Crippen LogP contribution in [0.15, 0.2) is 18.2 Å². The number of ether oxygens (including phenoxy) is 1. The molecule has 0 saturated heterocycles. The smallest absolute Gasteiger partial charge is 0.426 e. The van der Waals surface area contributed by atoms with Crippen molar-refractivity contribution in [2.45, 2.75) is 88.8 Å². The van der Waals surface area contributed by atoms with Crippen molar-refractivity contribution in [2.24, 2.45) is 23.2 Å². The van der Waals surface area contributed by atoms with E-state index in [1.165, 1.54) is 5.56 Å². The predicted octanol–water partition coefficient (Wildman–Crippen LogP) is 6.75. The maximum absolute atomic E-state index is 13.2. The number of hydrogen-bond donors (Lipinski definition) is 1. The molecule has 0 aliphatic heterocycles. The van der Waals surface area contributed by atoms with Gasteiger partial charge < -0.3 is 14.7 Å². The van der Waals surface area contributed by atoms with Crippen molar-refractivity contribution in [3.8, 4) is 5.75 Å². The van der Waals surface area contributed by atoms with Crippen molar-refractivity contribution in [1.82, 2.24) is 4.90 Å². The van der Waals surface area contributed by atoms with Crippen molar-refractivity contribution in [1.29, 1.82) is 0 Å². The number of halogens is 5. The molecule has 1 N–H and O–H groups in total. The van der Waals surface area contributed by atoms with Gasteiger partial charge in [-0.2, -0.15) is 22.0 Å². The molecule has 7 atom stereocenters. The second-order valence-electron chi connectivity index (χ2n) is 12.7. The van der Waals surface area contributed by atoms with Gasteiger partial charge in [0.2, 0.25) is 0 Å². The maximum atomic E-state index is 13.2. The van der Waals surface area contributed by atoms with Crippen LogP contribution in [-0.2, 0) is 21.0 Å². The fourth-order valence-corrected chi connectivity index (χ4v) is 10.1. The highest BCUT2D eigenvalue weighted by molar-refractivity contribution is 8.69. The SMILES string of the molecule is CN(C)CCC(=O)Oc1ccc2c(c1)C[C@@H](CCSS(=O)CCCC(F)(F)C(F)(F)F)[C@@H]1[C@@H]2CC[C@]2(C)[C@@H](O)CC[C@@H]12. The molecule has 0 aromatic heterocycles. The molecule has 0 heterocycles. The monoisotopic (exact) mass is 639 g/mol. The van der Waals surface area contributed by atoms with E-state index in [9.17, 15) is 36.1 Å². The van der Waals surface area contributed by atoms with Crippen molar-refractivity contribution < 1.29 is 40.8 Å². The van der Waals surface area contributed by atoms with Gasteiger partial charge in [0.15, 0.2) is 0 Å². The molecule has 0 bridgehead atoms. The Morgan fingerprint density at radius 2 is 1.93 bits per heavy atom. The summed E-state index contributed by atoms with van der Waals surface area (Å²) in [4.78, 5) is 14.3. The average Bonchev–Trinajstić information content (AvgIpc) is 3.20. The third kappa shape index (κ3) is 7.51. The van der Waals surface area contributed by atoms with Crippen LogP contribution in [0.2, 0.25) is 0 Å². The quantitative estimate of drug-likeness (QED) is 0.118. The molecule has 3 aliphatic rings. The van der Waals surface area contributed by atoms with Gasteiger partial charge in [0.25, 0.3) is 0 Å². The first-order valence-corrected chi connectivity index (χ1v) is 17.6. The summed E-state index contributed by atoms with van der Waals surface area (Å²) in [6.07, 6.45) is -2.46. The summed E-state index contributed by atoms with van der Waals surface area (Å²) >= 11 is 0. The molecule has 1 aromatic carbocycles. The Hall–Kier alpha value is -1.24. The van der Waals surface area contributed by atoms with Crippen molar-refractivity contribution >= 4 is 26.6 Å². The normalized spacial score (nSPS) is 30.0. The van der Waals surface area contributed by atoms with Crippen LogP contribution in [0, 0.1) is 23.2 Å². The molecule has 5 nitrogen and oxygen atoms in total. The van der Waals surface area contributed by atoms with Gasteiger partial charge in [0, 0.05) is 24.5 Å². The summed E-state index contributed by atoms with van der Waals surface area (Å²) in [5, 5.41) is 10.9. The lowest BCUT2D eigenvalue weighted by atomic mass is 9.52. The zero-order chi connectivity index (χ0) is 30.9. The predicted molar refractivity (Wildman–Crippen MR) is 155 cm³/mol. The van der Waals surface area contributed by atoms with Crippen LogP contribution in [0.25, 0.3) is 0 Å². The van der Waals surface area contributed by atoms with E-state index in [2.05, 4.69) is 13.0 Å². The standard InChI is InChI=1S/C30H42F5NO4S2/c1-28-13-9-23-22-6-5-21(40-26(38)10-14-36(2)3)18-20(22)17-19(27(23)24(28)7-8-25(28)37)11-15-41-42(39)16-4-12-29(31,32)30(33,34)35/h5-6,18-19,23-25,27,37H,4,7-17H2,1-3H3/t19-,23-,24+,25+,27-,28+,42?/m1/s1. The Labute approximate surface area is 251 Å². The molecule has 3 aliphatic carbocycles. The van der Waals surface area contributed by atoms with E-state index in [1.807, 2.05) is 31.1 Å². The fraction of sp³-hybridized carbons (Fsp3) is 0.767. The number of aliphatic hydroxyl groups is 1. The largest absolute Gasteiger partial charge is 0.453 e. The molecule has 42 heavy (non-hydrogen) atoms. The lowest BCUT2D eigenvalue weighted by Gasteiger charge is -2.53. The van der Waals surface area contributed by atoms with Crippen LogP contribution < -0.4 is 4.74 Å². The highest BCUT2D eigenvalue weighted by Crippen LogP contribution is 2.62. The minimum absolute atomic E-state index is 0.154. The second-order valence-corrected chi connectivity index (χ2v) is 16.2. The number of rotatable bonds is 12. The number of esters is 1. The second kappa shape index (κ2) is 13.4. The Balaban J connectivity index is 1.44. The number of nitrogens with zero attached hydrogens (tertiary/aromatic N) is 1. The molecule has 4 rings (SSSR count). The zero-order valence-electron chi connectivity index (χ0n) is 24.4. The van der Waals surface area contributed by atoms with Crippen LogP contribution in [-0.4, -0.2) is 70.5 Å². The fourth-order valence-electron chi connectivity index (χ4n) is 7.49. The zero-order valence-corrected chi connectivity index (χ0v) is 26.1. The lowest BCUT2D eigenvalue weighted by molar-refractivity contribution is -0.284. The minimum atomic E-state index is -5.60. The number of fused-ring (bicyclic) bond motifs is 5. The molecule has 1 unspecified atom stereocenters. The van der Waals surface area contributed by atoms with E-state index < -0.39 is 34.8 Å². The lowest BCUT2D eigenvalue weighted by Crippen LogP contribution is -2.47. The van der Waals surface area contributed by atoms with Gasteiger partial charge in [-0.05, 0) is 111 Å². The molecule has 1 aromatic rings. The first kappa shape index (κ1) is 33.6. The molecular formula is C30H42F5NO4S2. The Morgan fingerprint density at radius 3 is 2.62 bits per heavy atom. The number of hydrogen-bond acceptors (Lipinski definition) is 6. The summed E-state index contributed by atoms with van der Waals surface area (Å²) in [6.45, 7) is 2.78. The van der Waals surface area contributed by atoms with Gasteiger partial charge in [0.05, 0.1) is 22.4 Å². The molecule has 238 valence electrons. The van der Waals surface area contributed by atoms with Gasteiger partial charge >= 0.3 is 18.1 Å². The average molecular weight is 640 g/mol. The first-order valence-electron chi connectivity index (χ1n) is 14.7. The summed E-state index contributed by atoms with van der Waals surface area (Å²) in [6, 6.07) is 5.89. The summed E-state index contributed by atoms with van der Waals surface area (Å²) in [7, 11) is 3.34. The van der Waals surface area contributed by atoms with Gasteiger partial charge in [-0.1, -0.05) is 23.8 Å². The van der Waals surface area contributed by atoms with Crippen LogP contribution in [0.4, 0.5) is 22.0 Å². The van der Waals surface area contributed by atoms with E-state index in [4.69, 9.17) is 4.74 Å². The van der Waals surface area contributed by atoms with E-state index in [1.54, 1.807) is 0 Å². The third-order valence-corrected chi connectivity index (χ3v) is 12.8. The van der Waals surface area contributed by atoms with Gasteiger partial charge in [-0.25, -0.2) is 4.21 Å². The molecule has 0 amide bonds. The van der Waals surface area contributed by atoms with Gasteiger partial charge in [-0.15, -0.1) is 0 Å². The van der Waals surface area contributed by atoms with E-state index in [0.29, 0.717) is 42.2 Å². The molecule has 0 radical (unpaired) electrons. The van der Waals surface area contributed by atoms with E-state index in [-0.39, 0.29) is 35.6 Å². The Kier molecular flexibility index (Phi) is 10.7. The number of carbonyl (C=O) groups is 1. The number of benzene rings is 1. The summed E-state index contributed by atoms with van der Waals surface area (Å²) < 4.78 is 81.8. The van der Waals surface area contributed by atoms with E-state index in [0.717, 1.165) is 48.5 Å². The molecule has 2 saturated carbocycles. The Bertz CT molecular complexity index is 1130. The van der Waals surface area contributed by atoms with Crippen molar-refractivity contribution in [3.63, 3.8) is 0 Å². The molecule has 12 heteroatoms. The van der Waals surface area contributed by atoms with E-state index >= 15 is 0 Å². The summed E-state index contributed by atoms with van der Waals surface area (Å²) in [5.41, 5.74) is 2.23. The molecular weight excluding hydrogens is 597 g/mol. The van der Waals surface area contributed by atoms with Crippen LogP contribution in [0.5, 0.6) is 5.75 Å². The maximum Gasteiger partial charge on any atom is 0.453 e. The van der Waals surface area contributed by atoms with Crippen molar-refractivity contribution in [3.05, 3.63) is 29.3 Å². The Morgan fingerprint density at radius 1 is 1.19 bits per heavy atom. The number of carbonyl (C=O) groups excluding carboxylic acids is 1. The minimum Gasteiger partial charge on any atom is -0.426 e. The van der Waals surface area contributed by atoms with Gasteiger partial charge in [-0.3, -0.25) is 4.79 Å². The number of alkyl halides is 5. The molecule has 0 spiro atoms. The van der Waals surface area contributed by atoms with Crippen LogP contribution in [0.1, 0.15) is 75.3 Å². The van der Waals surface area contributed by atoms with Crippen LogP contribution >= 0.6 is 10.8 Å². The summed E-state index contributed by atoms with van der Waals surface area (Å²) in [5.74, 6) is -3.11. The highest BCUT2D eigenvalue weighted by atomic mass is 33.1. The highest BCUT2D eigenvalue weighted by Gasteiger charge is 2.57. The van der Waals surface area contributed by atoms with Gasteiger partial charge in [0.1, 0.15) is 5.75 Å². The van der Waals surface area contributed by atoms with Crippen molar-refractivity contribution in [2.75, 3.05) is 32.1 Å². The van der Waals surface area contributed by atoms with Crippen LogP contribution in [0.3, 0.4) is 0 Å². The number of aliphatic hydroxyl groups excluding tert-OH is 1. The topological polar surface area (TPSA) is 66.8 Å². The first-order chi connectivity index (χ1) is 19.6. The molecule has 2 fully saturated rings. The third-order valence-electron chi connectivity index (χ3n) is 9.74.